The Bertz CT molecular complexity index is 134. The SMILES string of the molecule is COCC1(CO)CC(=O)C1. The van der Waals surface area contributed by atoms with Crippen molar-refractivity contribution in [2.24, 2.45) is 5.41 Å². The molecule has 1 fully saturated rings. The second-order valence-corrected chi connectivity index (χ2v) is 2.98. The lowest BCUT2D eigenvalue weighted by atomic mass is 9.69. The Morgan fingerprint density at radius 1 is 1.70 bits per heavy atom. The van der Waals surface area contributed by atoms with Crippen LogP contribution in [0, 0.1) is 5.41 Å². The predicted molar refractivity (Wildman–Crippen MR) is 35.6 cm³/mol. The van der Waals surface area contributed by atoms with E-state index in [1.165, 1.54) is 0 Å². The normalized spacial score (nSPS) is 22.4. The molecule has 0 aromatic heterocycles. The largest absolute Gasteiger partial charge is 0.396 e. The van der Waals surface area contributed by atoms with E-state index >= 15 is 0 Å². The molecule has 58 valence electrons. The van der Waals surface area contributed by atoms with Gasteiger partial charge in [0.25, 0.3) is 0 Å². The topological polar surface area (TPSA) is 46.5 Å². The highest BCUT2D eigenvalue weighted by Gasteiger charge is 2.42. The molecule has 3 heteroatoms. The molecule has 0 amide bonds. The Kier molecular flexibility index (Phi) is 2.06. The van der Waals surface area contributed by atoms with Crippen LogP contribution < -0.4 is 0 Å². The van der Waals surface area contributed by atoms with E-state index in [2.05, 4.69) is 0 Å². The first-order valence-electron chi connectivity index (χ1n) is 3.34. The molecule has 1 rings (SSSR count). The average molecular weight is 144 g/mol. The maximum absolute atomic E-state index is 10.6. The van der Waals surface area contributed by atoms with Gasteiger partial charge in [0.15, 0.2) is 0 Å². The van der Waals surface area contributed by atoms with Gasteiger partial charge in [0.2, 0.25) is 0 Å². The van der Waals surface area contributed by atoms with Crippen LogP contribution in [-0.2, 0) is 9.53 Å². The lowest BCUT2D eigenvalue weighted by Crippen LogP contribution is -2.44. The molecule has 0 atom stereocenters. The molecule has 3 nitrogen and oxygen atoms in total. The predicted octanol–water partition coefficient (Wildman–Crippen LogP) is -0.0256. The van der Waals surface area contributed by atoms with Crippen molar-refractivity contribution >= 4 is 5.78 Å². The summed E-state index contributed by atoms with van der Waals surface area (Å²) in [7, 11) is 1.58. The summed E-state index contributed by atoms with van der Waals surface area (Å²) < 4.78 is 4.88. The summed E-state index contributed by atoms with van der Waals surface area (Å²) in [5.41, 5.74) is -0.230. The van der Waals surface area contributed by atoms with Crippen LogP contribution in [0.1, 0.15) is 12.8 Å². The second-order valence-electron chi connectivity index (χ2n) is 2.98. The molecule has 0 bridgehead atoms. The number of aliphatic hydroxyl groups is 1. The third-order valence-corrected chi connectivity index (χ3v) is 1.93. The minimum atomic E-state index is -0.230. The van der Waals surface area contributed by atoms with Gasteiger partial charge in [-0.3, -0.25) is 4.79 Å². The van der Waals surface area contributed by atoms with E-state index < -0.39 is 0 Å². The number of aliphatic hydroxyl groups excluding tert-OH is 1. The molecular weight excluding hydrogens is 132 g/mol. The summed E-state index contributed by atoms with van der Waals surface area (Å²) in [5.74, 6) is 0.228. The molecule has 10 heavy (non-hydrogen) atoms. The van der Waals surface area contributed by atoms with Gasteiger partial charge in [-0.25, -0.2) is 0 Å². The summed E-state index contributed by atoms with van der Waals surface area (Å²) in [6, 6.07) is 0. The lowest BCUT2D eigenvalue weighted by Gasteiger charge is -2.37. The van der Waals surface area contributed by atoms with E-state index in [1.807, 2.05) is 0 Å². The van der Waals surface area contributed by atoms with Crippen molar-refractivity contribution in [3.63, 3.8) is 0 Å². The Hall–Kier alpha value is -0.410. The number of carbonyl (C=O) groups excluding carboxylic acids is 1. The van der Waals surface area contributed by atoms with Gasteiger partial charge in [-0.05, 0) is 0 Å². The van der Waals surface area contributed by atoms with E-state index in [9.17, 15) is 4.79 Å². The fraction of sp³-hybridized carbons (Fsp3) is 0.857. The Morgan fingerprint density at radius 2 is 2.30 bits per heavy atom. The quantitative estimate of drug-likeness (QED) is 0.605. The summed E-state index contributed by atoms with van der Waals surface area (Å²) in [4.78, 5) is 10.6. The number of hydrogen-bond donors (Lipinski definition) is 1. The van der Waals surface area contributed by atoms with Crippen LogP contribution in [0.5, 0.6) is 0 Å². The minimum absolute atomic E-state index is 0.0621. The third-order valence-electron chi connectivity index (χ3n) is 1.93. The zero-order chi connectivity index (χ0) is 7.61. The third kappa shape index (κ3) is 1.20. The number of ketones is 1. The van der Waals surface area contributed by atoms with Crippen molar-refractivity contribution < 1.29 is 14.6 Å². The fourth-order valence-electron chi connectivity index (χ4n) is 1.35. The van der Waals surface area contributed by atoms with Gasteiger partial charge in [-0.2, -0.15) is 0 Å². The molecule has 0 heterocycles. The Balaban J connectivity index is 2.39. The van der Waals surface area contributed by atoms with Crippen LogP contribution >= 0.6 is 0 Å². The average Bonchev–Trinajstić information content (AvgIpc) is 1.84. The first kappa shape index (κ1) is 7.69. The van der Waals surface area contributed by atoms with E-state index in [0.29, 0.717) is 19.4 Å². The van der Waals surface area contributed by atoms with Gasteiger partial charge in [-0.1, -0.05) is 0 Å². The number of methoxy groups -OCH3 is 1. The van der Waals surface area contributed by atoms with E-state index in [1.54, 1.807) is 7.11 Å². The number of Topliss-reactive ketones (excluding diaryl/α,β-unsaturated/α-hetero) is 1. The minimum Gasteiger partial charge on any atom is -0.396 e. The molecule has 0 saturated heterocycles. The highest BCUT2D eigenvalue weighted by Crippen LogP contribution is 2.37. The molecule has 1 aliphatic rings. The van der Waals surface area contributed by atoms with Crippen LogP contribution in [0.2, 0.25) is 0 Å². The summed E-state index contributed by atoms with van der Waals surface area (Å²) in [5, 5.41) is 8.85. The summed E-state index contributed by atoms with van der Waals surface area (Å²) in [6.45, 7) is 0.557. The number of carbonyl (C=O) groups is 1. The van der Waals surface area contributed by atoms with Gasteiger partial charge >= 0.3 is 0 Å². The number of ether oxygens (including phenoxy) is 1. The molecule has 1 saturated carbocycles. The van der Waals surface area contributed by atoms with Crippen molar-refractivity contribution in [2.75, 3.05) is 20.3 Å². The Morgan fingerprint density at radius 3 is 2.60 bits per heavy atom. The van der Waals surface area contributed by atoms with Gasteiger partial charge in [0.1, 0.15) is 5.78 Å². The molecule has 0 unspecified atom stereocenters. The van der Waals surface area contributed by atoms with E-state index in [4.69, 9.17) is 9.84 Å². The monoisotopic (exact) mass is 144 g/mol. The van der Waals surface area contributed by atoms with Crippen LogP contribution in [0.4, 0.5) is 0 Å². The molecule has 1 N–H and O–H groups in total. The van der Waals surface area contributed by atoms with Crippen molar-refractivity contribution in [3.05, 3.63) is 0 Å². The fourth-order valence-corrected chi connectivity index (χ4v) is 1.35. The lowest BCUT2D eigenvalue weighted by molar-refractivity contribution is -0.139. The van der Waals surface area contributed by atoms with Crippen LogP contribution in [0.15, 0.2) is 0 Å². The van der Waals surface area contributed by atoms with Gasteiger partial charge < -0.3 is 9.84 Å². The van der Waals surface area contributed by atoms with Crippen molar-refractivity contribution in [2.45, 2.75) is 12.8 Å². The highest BCUT2D eigenvalue weighted by molar-refractivity contribution is 5.86. The van der Waals surface area contributed by atoms with Crippen molar-refractivity contribution in [3.8, 4) is 0 Å². The smallest absolute Gasteiger partial charge is 0.134 e. The summed E-state index contributed by atoms with van der Waals surface area (Å²) in [6.07, 6.45) is 0.967. The van der Waals surface area contributed by atoms with Gasteiger partial charge in [-0.15, -0.1) is 0 Å². The number of rotatable bonds is 3. The van der Waals surface area contributed by atoms with E-state index in [0.717, 1.165) is 0 Å². The zero-order valence-corrected chi connectivity index (χ0v) is 6.09. The van der Waals surface area contributed by atoms with Gasteiger partial charge in [0.05, 0.1) is 13.2 Å². The molecule has 0 aromatic carbocycles. The molecule has 0 aromatic rings. The molecule has 0 radical (unpaired) electrons. The van der Waals surface area contributed by atoms with Crippen LogP contribution in [-0.4, -0.2) is 31.2 Å². The first-order valence-corrected chi connectivity index (χ1v) is 3.34. The maximum atomic E-state index is 10.6. The molecule has 1 aliphatic carbocycles. The Labute approximate surface area is 60.0 Å². The maximum Gasteiger partial charge on any atom is 0.134 e. The van der Waals surface area contributed by atoms with Crippen LogP contribution in [0.25, 0.3) is 0 Å². The first-order chi connectivity index (χ1) is 4.72. The number of hydrogen-bond acceptors (Lipinski definition) is 3. The summed E-state index contributed by atoms with van der Waals surface area (Å²) >= 11 is 0. The highest BCUT2D eigenvalue weighted by atomic mass is 16.5. The van der Waals surface area contributed by atoms with Crippen LogP contribution in [0.3, 0.4) is 0 Å². The van der Waals surface area contributed by atoms with Crippen molar-refractivity contribution in [1.29, 1.82) is 0 Å². The molecule has 0 spiro atoms. The zero-order valence-electron chi connectivity index (χ0n) is 6.09. The molecular formula is C7H12O3. The van der Waals surface area contributed by atoms with E-state index in [-0.39, 0.29) is 17.8 Å². The standard InChI is InChI=1S/C7H12O3/c1-10-5-7(4-8)2-6(9)3-7/h8H,2-5H2,1H3. The second kappa shape index (κ2) is 2.68. The molecule has 0 aliphatic heterocycles. The van der Waals surface area contributed by atoms with Gasteiger partial charge in [0, 0.05) is 25.4 Å². The van der Waals surface area contributed by atoms with Crippen molar-refractivity contribution in [1.82, 2.24) is 0 Å².